The average Bonchev–Trinajstić information content (AvgIpc) is 2.58. The Morgan fingerprint density at radius 3 is 2.21 bits per heavy atom. The highest BCUT2D eigenvalue weighted by atomic mass is 16.1. The molecule has 2 aromatic carbocycles. The fraction of sp³-hybridized carbons (Fsp3) is 0.235. The highest BCUT2D eigenvalue weighted by Gasteiger charge is 2.35. The molecule has 0 atom stereocenters. The molecule has 19 heavy (non-hydrogen) atoms. The van der Waals surface area contributed by atoms with Crippen molar-refractivity contribution in [2.75, 3.05) is 5.73 Å². The summed E-state index contributed by atoms with van der Waals surface area (Å²) in [6, 6.07) is 12.0. The van der Waals surface area contributed by atoms with Gasteiger partial charge in [-0.05, 0) is 47.4 Å². The van der Waals surface area contributed by atoms with E-state index >= 15 is 0 Å². The summed E-state index contributed by atoms with van der Waals surface area (Å²) in [4.78, 5) is 11.6. The maximum atomic E-state index is 11.6. The normalized spacial score (nSPS) is 14.9. The zero-order valence-electron chi connectivity index (χ0n) is 11.4. The number of rotatable bonds is 1. The molecule has 1 aliphatic carbocycles. The van der Waals surface area contributed by atoms with Crippen molar-refractivity contribution >= 4 is 11.5 Å². The first-order valence-corrected chi connectivity index (χ1v) is 6.47. The van der Waals surface area contributed by atoms with Crippen LogP contribution >= 0.6 is 0 Å². The van der Waals surface area contributed by atoms with Crippen LogP contribution in [0.5, 0.6) is 0 Å². The number of carbonyl (C=O) groups is 1. The van der Waals surface area contributed by atoms with Crippen LogP contribution in [-0.2, 0) is 5.41 Å². The van der Waals surface area contributed by atoms with Gasteiger partial charge in [0.15, 0.2) is 5.78 Å². The van der Waals surface area contributed by atoms with E-state index in [2.05, 4.69) is 26.0 Å². The predicted octanol–water partition coefficient (Wildman–Crippen LogP) is 3.78. The van der Waals surface area contributed by atoms with Crippen molar-refractivity contribution in [1.29, 1.82) is 0 Å². The number of ketones is 1. The van der Waals surface area contributed by atoms with Crippen molar-refractivity contribution < 1.29 is 4.79 Å². The standard InChI is InChI=1S/C17H17NO/c1-10(19)11-4-6-13-14-7-5-12(18)9-16(14)17(2,3)15(13)8-11/h4-9H,18H2,1-3H3. The van der Waals surface area contributed by atoms with Crippen molar-refractivity contribution in [3.63, 3.8) is 0 Å². The highest BCUT2D eigenvalue weighted by molar-refractivity contribution is 5.96. The summed E-state index contributed by atoms with van der Waals surface area (Å²) in [5.74, 6) is 0.106. The molecular weight excluding hydrogens is 234 g/mol. The molecule has 0 saturated heterocycles. The van der Waals surface area contributed by atoms with Crippen LogP contribution in [0, 0.1) is 0 Å². The van der Waals surface area contributed by atoms with Gasteiger partial charge in [0, 0.05) is 16.7 Å². The zero-order valence-corrected chi connectivity index (χ0v) is 11.4. The molecule has 0 fully saturated rings. The van der Waals surface area contributed by atoms with Crippen LogP contribution in [0.4, 0.5) is 5.69 Å². The first kappa shape index (κ1) is 12.0. The van der Waals surface area contributed by atoms with E-state index in [1.165, 1.54) is 22.3 Å². The highest BCUT2D eigenvalue weighted by Crippen LogP contribution is 2.49. The van der Waals surface area contributed by atoms with Crippen LogP contribution in [0.3, 0.4) is 0 Å². The van der Waals surface area contributed by atoms with Crippen LogP contribution in [0.25, 0.3) is 11.1 Å². The SMILES string of the molecule is CC(=O)c1ccc2c(c1)C(C)(C)c1cc(N)ccc1-2. The molecule has 0 amide bonds. The summed E-state index contributed by atoms with van der Waals surface area (Å²) in [6.07, 6.45) is 0. The summed E-state index contributed by atoms with van der Waals surface area (Å²) >= 11 is 0. The topological polar surface area (TPSA) is 43.1 Å². The predicted molar refractivity (Wildman–Crippen MR) is 78.4 cm³/mol. The van der Waals surface area contributed by atoms with E-state index in [-0.39, 0.29) is 11.2 Å². The molecule has 2 aromatic rings. The molecule has 0 unspecified atom stereocenters. The minimum Gasteiger partial charge on any atom is -0.399 e. The van der Waals surface area contributed by atoms with Gasteiger partial charge >= 0.3 is 0 Å². The van der Waals surface area contributed by atoms with Gasteiger partial charge in [-0.3, -0.25) is 4.79 Å². The second-order valence-electron chi connectivity index (χ2n) is 5.75. The molecular formula is C17H17NO. The Hall–Kier alpha value is -2.09. The fourth-order valence-corrected chi connectivity index (χ4v) is 2.97. The first-order chi connectivity index (χ1) is 8.91. The molecule has 1 aliphatic rings. The van der Waals surface area contributed by atoms with E-state index < -0.39 is 0 Å². The quantitative estimate of drug-likeness (QED) is 0.619. The van der Waals surface area contributed by atoms with E-state index in [0.717, 1.165) is 11.3 Å². The summed E-state index contributed by atoms with van der Waals surface area (Å²) < 4.78 is 0. The van der Waals surface area contributed by atoms with Gasteiger partial charge in [0.2, 0.25) is 0 Å². The number of carbonyl (C=O) groups excluding carboxylic acids is 1. The van der Waals surface area contributed by atoms with Gasteiger partial charge in [-0.1, -0.05) is 32.0 Å². The Morgan fingerprint density at radius 2 is 1.58 bits per heavy atom. The number of Topliss-reactive ketones (excluding diaryl/α,β-unsaturated/α-hetero) is 1. The second kappa shape index (κ2) is 3.70. The van der Waals surface area contributed by atoms with Gasteiger partial charge in [-0.2, -0.15) is 0 Å². The monoisotopic (exact) mass is 251 g/mol. The molecule has 0 saturated carbocycles. The van der Waals surface area contributed by atoms with Gasteiger partial charge in [-0.15, -0.1) is 0 Å². The average molecular weight is 251 g/mol. The lowest BCUT2D eigenvalue weighted by molar-refractivity contribution is 0.101. The summed E-state index contributed by atoms with van der Waals surface area (Å²) in [6.45, 7) is 5.97. The molecule has 96 valence electrons. The molecule has 0 spiro atoms. The second-order valence-corrected chi connectivity index (χ2v) is 5.75. The maximum Gasteiger partial charge on any atom is 0.159 e. The maximum absolute atomic E-state index is 11.6. The minimum absolute atomic E-state index is 0.106. The number of hydrogen-bond acceptors (Lipinski definition) is 2. The van der Waals surface area contributed by atoms with Gasteiger partial charge in [0.05, 0.1) is 0 Å². The molecule has 0 aliphatic heterocycles. The number of benzene rings is 2. The molecule has 0 radical (unpaired) electrons. The number of nitrogens with two attached hydrogens (primary N) is 1. The third-order valence-electron chi connectivity index (χ3n) is 4.11. The van der Waals surface area contributed by atoms with Crippen LogP contribution in [0.15, 0.2) is 36.4 Å². The fourth-order valence-electron chi connectivity index (χ4n) is 2.97. The molecule has 0 bridgehead atoms. The largest absolute Gasteiger partial charge is 0.399 e. The van der Waals surface area contributed by atoms with E-state index in [9.17, 15) is 4.79 Å². The van der Waals surface area contributed by atoms with Gasteiger partial charge in [0.1, 0.15) is 0 Å². The molecule has 2 heteroatoms. The number of anilines is 1. The van der Waals surface area contributed by atoms with Crippen molar-refractivity contribution in [3.05, 3.63) is 53.1 Å². The lowest BCUT2D eigenvalue weighted by Gasteiger charge is -2.22. The summed E-state index contributed by atoms with van der Waals surface area (Å²) in [5.41, 5.74) is 12.2. The Morgan fingerprint density at radius 1 is 1.00 bits per heavy atom. The van der Waals surface area contributed by atoms with Crippen LogP contribution in [0.1, 0.15) is 42.3 Å². The minimum atomic E-state index is -0.106. The first-order valence-electron chi connectivity index (χ1n) is 6.47. The molecule has 0 aromatic heterocycles. The Labute approximate surface area is 113 Å². The van der Waals surface area contributed by atoms with Crippen molar-refractivity contribution in [2.24, 2.45) is 0 Å². The third kappa shape index (κ3) is 1.60. The van der Waals surface area contributed by atoms with E-state index in [1.54, 1.807) is 6.92 Å². The van der Waals surface area contributed by atoms with Crippen LogP contribution < -0.4 is 5.73 Å². The number of nitrogen functional groups attached to an aromatic ring is 1. The molecule has 2 N–H and O–H groups in total. The number of hydrogen-bond donors (Lipinski definition) is 1. The van der Waals surface area contributed by atoms with E-state index in [4.69, 9.17) is 5.73 Å². The van der Waals surface area contributed by atoms with Gasteiger partial charge in [0.25, 0.3) is 0 Å². The van der Waals surface area contributed by atoms with E-state index in [0.29, 0.717) is 0 Å². The smallest absolute Gasteiger partial charge is 0.159 e. The van der Waals surface area contributed by atoms with Crippen molar-refractivity contribution in [2.45, 2.75) is 26.2 Å². The number of fused-ring (bicyclic) bond motifs is 3. The summed E-state index contributed by atoms with van der Waals surface area (Å²) in [5, 5.41) is 0. The molecule has 2 nitrogen and oxygen atoms in total. The lowest BCUT2D eigenvalue weighted by Crippen LogP contribution is -2.15. The van der Waals surface area contributed by atoms with Gasteiger partial charge < -0.3 is 5.73 Å². The molecule has 3 rings (SSSR count). The van der Waals surface area contributed by atoms with E-state index in [1.807, 2.05) is 24.3 Å². The Kier molecular flexibility index (Phi) is 2.33. The zero-order chi connectivity index (χ0) is 13.8. The summed E-state index contributed by atoms with van der Waals surface area (Å²) in [7, 11) is 0. The Bertz CT molecular complexity index is 698. The van der Waals surface area contributed by atoms with Crippen molar-refractivity contribution in [1.82, 2.24) is 0 Å². The Balaban J connectivity index is 2.30. The van der Waals surface area contributed by atoms with Crippen LogP contribution in [-0.4, -0.2) is 5.78 Å². The third-order valence-corrected chi connectivity index (χ3v) is 4.11. The van der Waals surface area contributed by atoms with Crippen molar-refractivity contribution in [3.8, 4) is 11.1 Å². The van der Waals surface area contributed by atoms with Crippen LogP contribution in [0.2, 0.25) is 0 Å². The lowest BCUT2D eigenvalue weighted by atomic mass is 9.81. The molecule has 0 heterocycles. The van der Waals surface area contributed by atoms with Gasteiger partial charge in [-0.25, -0.2) is 0 Å².